The first-order valence-corrected chi connectivity index (χ1v) is 9.30. The molecule has 0 spiro atoms. The molecule has 2 heterocycles. The van der Waals surface area contributed by atoms with Gasteiger partial charge in [-0.2, -0.15) is 4.31 Å². The Morgan fingerprint density at radius 2 is 2.14 bits per heavy atom. The number of nitrogens with zero attached hydrogens (tertiary/aromatic N) is 1. The molecule has 0 atom stereocenters. The van der Waals surface area contributed by atoms with E-state index in [9.17, 15) is 13.2 Å². The molecule has 2 rings (SSSR count). The van der Waals surface area contributed by atoms with E-state index in [1.807, 2.05) is 6.07 Å². The van der Waals surface area contributed by atoms with Crippen LogP contribution in [0.3, 0.4) is 0 Å². The van der Waals surface area contributed by atoms with E-state index in [1.54, 1.807) is 10.4 Å². The third-order valence-corrected chi connectivity index (χ3v) is 6.79. The molecule has 1 saturated heterocycles. The van der Waals surface area contributed by atoms with Crippen LogP contribution in [0.4, 0.5) is 0 Å². The average molecular weight is 368 g/mol. The van der Waals surface area contributed by atoms with Crippen LogP contribution in [0.2, 0.25) is 0 Å². The van der Waals surface area contributed by atoms with E-state index in [2.05, 4.69) is 10.6 Å². The molecule has 6 nitrogen and oxygen atoms in total. The lowest BCUT2D eigenvalue weighted by Gasteiger charge is -2.18. The summed E-state index contributed by atoms with van der Waals surface area (Å²) in [5.74, 6) is -0.0727. The third kappa shape index (κ3) is 5.20. The molecule has 2 N–H and O–H groups in total. The van der Waals surface area contributed by atoms with Gasteiger partial charge in [-0.25, -0.2) is 8.42 Å². The van der Waals surface area contributed by atoms with Gasteiger partial charge in [0.25, 0.3) is 10.0 Å². The van der Waals surface area contributed by atoms with Gasteiger partial charge in [0, 0.05) is 38.0 Å². The van der Waals surface area contributed by atoms with E-state index in [0.29, 0.717) is 36.8 Å². The molecule has 0 radical (unpaired) electrons. The molecule has 0 aliphatic carbocycles. The van der Waals surface area contributed by atoms with Gasteiger partial charge in [0.15, 0.2) is 0 Å². The first-order chi connectivity index (χ1) is 10.00. The fraction of sp³-hybridized carbons (Fsp3) is 0.615. The van der Waals surface area contributed by atoms with Crippen LogP contribution in [-0.4, -0.2) is 51.4 Å². The van der Waals surface area contributed by atoms with Gasteiger partial charge >= 0.3 is 0 Å². The minimum Gasteiger partial charge on any atom is -0.356 e. The highest BCUT2D eigenvalue weighted by Crippen LogP contribution is 2.25. The largest absolute Gasteiger partial charge is 0.356 e. The van der Waals surface area contributed by atoms with Crippen molar-refractivity contribution in [3.63, 3.8) is 0 Å². The molecular formula is C13H22ClN3O3S2. The third-order valence-electron chi connectivity index (χ3n) is 3.28. The fourth-order valence-electron chi connectivity index (χ4n) is 2.18. The average Bonchev–Trinajstić information content (AvgIpc) is 2.73. The number of carbonyl (C=O) groups is 1. The quantitative estimate of drug-likeness (QED) is 0.808. The van der Waals surface area contributed by atoms with E-state index in [-0.39, 0.29) is 18.3 Å². The van der Waals surface area contributed by atoms with Gasteiger partial charge in [0.05, 0.1) is 0 Å². The molecule has 1 fully saturated rings. The molecule has 0 aromatic carbocycles. The van der Waals surface area contributed by atoms with Gasteiger partial charge in [0.1, 0.15) is 4.21 Å². The molecule has 1 aromatic heterocycles. The van der Waals surface area contributed by atoms with Crippen LogP contribution in [0.15, 0.2) is 16.3 Å². The summed E-state index contributed by atoms with van der Waals surface area (Å²) in [7, 11) is -3.38. The number of sulfonamides is 1. The zero-order valence-electron chi connectivity index (χ0n) is 12.5. The highest BCUT2D eigenvalue weighted by molar-refractivity contribution is 7.91. The van der Waals surface area contributed by atoms with Crippen molar-refractivity contribution < 1.29 is 13.2 Å². The predicted molar refractivity (Wildman–Crippen MR) is 90.2 cm³/mol. The van der Waals surface area contributed by atoms with Crippen molar-refractivity contribution in [1.82, 2.24) is 14.9 Å². The van der Waals surface area contributed by atoms with Crippen molar-refractivity contribution >= 4 is 39.7 Å². The van der Waals surface area contributed by atoms with Crippen molar-refractivity contribution in [2.45, 2.75) is 24.0 Å². The molecule has 126 valence electrons. The summed E-state index contributed by atoms with van der Waals surface area (Å²) in [4.78, 5) is 11.8. The Bertz CT molecular complexity index is 581. The Balaban J connectivity index is 0.00000242. The molecule has 22 heavy (non-hydrogen) atoms. The maximum atomic E-state index is 12.6. The normalized spacial score (nSPS) is 16.6. The van der Waals surface area contributed by atoms with Crippen LogP contribution in [0.1, 0.15) is 18.2 Å². The predicted octanol–water partition coefficient (Wildman–Crippen LogP) is 0.833. The topological polar surface area (TPSA) is 78.5 Å². The number of halogens is 1. The monoisotopic (exact) mass is 367 g/mol. The molecule has 0 saturated carbocycles. The standard InChI is InChI=1S/C13H21N3O3S2.ClH/c1-11(17)15-7-5-12-3-4-13(20-12)21(18,19)16-9-2-6-14-8-10-16;/h3-4,14H,2,5-10H2,1H3,(H,15,17);1H. The van der Waals surface area contributed by atoms with E-state index in [0.717, 1.165) is 17.8 Å². The van der Waals surface area contributed by atoms with Gasteiger partial charge in [-0.3, -0.25) is 4.79 Å². The summed E-state index contributed by atoms with van der Waals surface area (Å²) in [5, 5.41) is 5.91. The molecule has 9 heteroatoms. The lowest BCUT2D eigenvalue weighted by atomic mass is 10.3. The lowest BCUT2D eigenvalue weighted by molar-refractivity contribution is -0.118. The van der Waals surface area contributed by atoms with Crippen LogP contribution in [-0.2, 0) is 21.2 Å². The number of carbonyl (C=O) groups excluding carboxylic acids is 1. The van der Waals surface area contributed by atoms with Gasteiger partial charge in [0.2, 0.25) is 5.91 Å². The Labute approximate surface area is 141 Å². The number of hydrogen-bond donors (Lipinski definition) is 2. The molecular weight excluding hydrogens is 346 g/mol. The number of amides is 1. The molecule has 0 bridgehead atoms. The SMILES string of the molecule is CC(=O)NCCc1ccc(S(=O)(=O)N2CCCNCC2)s1.Cl. The van der Waals surface area contributed by atoms with Gasteiger partial charge < -0.3 is 10.6 Å². The fourth-order valence-corrected chi connectivity index (χ4v) is 5.17. The maximum absolute atomic E-state index is 12.6. The van der Waals surface area contributed by atoms with Crippen molar-refractivity contribution in [1.29, 1.82) is 0 Å². The van der Waals surface area contributed by atoms with Gasteiger partial charge in [-0.1, -0.05) is 0 Å². The summed E-state index contributed by atoms with van der Waals surface area (Å²) >= 11 is 1.29. The Hall–Kier alpha value is -0.670. The van der Waals surface area contributed by atoms with Crippen LogP contribution in [0, 0.1) is 0 Å². The second kappa shape index (κ2) is 8.83. The minimum absolute atomic E-state index is 0. The van der Waals surface area contributed by atoms with Crippen LogP contribution < -0.4 is 10.6 Å². The summed E-state index contributed by atoms with van der Waals surface area (Å²) in [6.45, 7) is 4.63. The zero-order valence-corrected chi connectivity index (χ0v) is 15.0. The first-order valence-electron chi connectivity index (χ1n) is 7.04. The maximum Gasteiger partial charge on any atom is 0.252 e. The summed E-state index contributed by atoms with van der Waals surface area (Å²) in [6.07, 6.45) is 1.49. The molecule has 1 aliphatic heterocycles. The van der Waals surface area contributed by atoms with Crippen LogP contribution in [0.25, 0.3) is 0 Å². The lowest BCUT2D eigenvalue weighted by Crippen LogP contribution is -2.33. The Morgan fingerprint density at radius 3 is 2.86 bits per heavy atom. The molecule has 0 unspecified atom stereocenters. The van der Waals surface area contributed by atoms with Crippen molar-refractivity contribution in [2.24, 2.45) is 0 Å². The highest BCUT2D eigenvalue weighted by atomic mass is 35.5. The number of thiophene rings is 1. The van der Waals surface area contributed by atoms with Crippen molar-refractivity contribution in [2.75, 3.05) is 32.7 Å². The van der Waals surface area contributed by atoms with E-state index < -0.39 is 10.0 Å². The summed E-state index contributed by atoms with van der Waals surface area (Å²) < 4.78 is 27.1. The number of hydrogen-bond acceptors (Lipinski definition) is 5. The second-order valence-corrected chi connectivity index (χ2v) is 8.29. The Morgan fingerprint density at radius 1 is 1.36 bits per heavy atom. The Kier molecular flexibility index (Phi) is 7.78. The van der Waals surface area contributed by atoms with Crippen LogP contribution in [0.5, 0.6) is 0 Å². The molecule has 1 amide bonds. The highest BCUT2D eigenvalue weighted by Gasteiger charge is 2.26. The van der Waals surface area contributed by atoms with E-state index in [1.165, 1.54) is 18.3 Å². The van der Waals surface area contributed by atoms with Crippen molar-refractivity contribution in [3.05, 3.63) is 17.0 Å². The van der Waals surface area contributed by atoms with Crippen LogP contribution >= 0.6 is 23.7 Å². The van der Waals surface area contributed by atoms with Gasteiger partial charge in [-0.05, 0) is 31.5 Å². The van der Waals surface area contributed by atoms with Crippen molar-refractivity contribution in [3.8, 4) is 0 Å². The summed E-state index contributed by atoms with van der Waals surface area (Å²) in [6, 6.07) is 3.50. The number of nitrogens with one attached hydrogen (secondary N) is 2. The first kappa shape index (κ1) is 19.4. The summed E-state index contributed by atoms with van der Waals surface area (Å²) in [5.41, 5.74) is 0. The van der Waals surface area contributed by atoms with E-state index >= 15 is 0 Å². The zero-order chi connectivity index (χ0) is 15.3. The second-order valence-electron chi connectivity index (χ2n) is 4.96. The smallest absolute Gasteiger partial charge is 0.252 e. The molecule has 1 aromatic rings. The minimum atomic E-state index is -3.38. The van der Waals surface area contributed by atoms with E-state index in [4.69, 9.17) is 0 Å². The number of rotatable bonds is 5. The molecule has 1 aliphatic rings. The van der Waals surface area contributed by atoms with Gasteiger partial charge in [-0.15, -0.1) is 23.7 Å².